The van der Waals surface area contributed by atoms with Crippen LogP contribution in [0.2, 0.25) is 0 Å². The molecule has 0 aliphatic heterocycles. The first-order chi connectivity index (χ1) is 6.16. The van der Waals surface area contributed by atoms with Gasteiger partial charge in [-0.2, -0.15) is 4.39 Å². The Balaban J connectivity index is 0.000000226. The first kappa shape index (κ1) is 11.4. The van der Waals surface area contributed by atoms with Gasteiger partial charge in [0.05, 0.1) is 6.26 Å². The number of aryl methyl sites for hydroxylation is 1. The van der Waals surface area contributed by atoms with E-state index in [2.05, 4.69) is 37.0 Å². The zero-order valence-corrected chi connectivity index (χ0v) is 7.66. The van der Waals surface area contributed by atoms with E-state index in [4.69, 9.17) is 0 Å². The number of halogens is 1. The van der Waals surface area contributed by atoms with E-state index >= 15 is 0 Å². The van der Waals surface area contributed by atoms with Gasteiger partial charge in [-0.05, 0) is 13.5 Å². The Morgan fingerprint density at radius 1 is 1.38 bits per heavy atom. The zero-order chi connectivity index (χ0) is 10.1. The van der Waals surface area contributed by atoms with Gasteiger partial charge in [0.25, 0.3) is 6.01 Å². The van der Waals surface area contributed by atoms with Crippen LogP contribution in [0.5, 0.6) is 0 Å². The second-order valence-corrected chi connectivity index (χ2v) is 2.29. The highest BCUT2D eigenvalue weighted by Gasteiger charge is 1.75. The van der Waals surface area contributed by atoms with Gasteiger partial charge in [0.1, 0.15) is 0 Å². The highest BCUT2D eigenvalue weighted by Crippen LogP contribution is 1.92. The van der Waals surface area contributed by atoms with Crippen molar-refractivity contribution in [1.82, 2.24) is 0 Å². The largest absolute Gasteiger partial charge is 0.441 e. The molecule has 0 fully saturated rings. The van der Waals surface area contributed by atoms with E-state index in [1.807, 2.05) is 18.2 Å². The van der Waals surface area contributed by atoms with Crippen LogP contribution < -0.4 is 0 Å². The molecule has 0 atom stereocenters. The molecule has 13 heavy (non-hydrogen) atoms. The molecule has 0 aliphatic carbocycles. The van der Waals surface area contributed by atoms with E-state index in [1.54, 1.807) is 0 Å². The summed E-state index contributed by atoms with van der Waals surface area (Å²) in [6, 6.07) is 9.43. The summed E-state index contributed by atoms with van der Waals surface area (Å²) in [6.45, 7) is 7.95. The molecular formula is C11H13FO. The molecule has 0 spiro atoms. The van der Waals surface area contributed by atoms with Crippen LogP contribution in [0.1, 0.15) is 5.56 Å². The third kappa shape index (κ3) is 8.34. The Kier molecular flexibility index (Phi) is 6.24. The predicted molar refractivity (Wildman–Crippen MR) is 52.7 cm³/mol. The topological polar surface area (TPSA) is 9.23 Å². The molecule has 0 unspecified atom stereocenters. The summed E-state index contributed by atoms with van der Waals surface area (Å²) >= 11 is 0. The van der Waals surface area contributed by atoms with Crippen LogP contribution in [0.15, 0.2) is 55.8 Å². The van der Waals surface area contributed by atoms with E-state index in [0.717, 1.165) is 6.26 Å². The lowest BCUT2D eigenvalue weighted by molar-refractivity contribution is 0.250. The smallest absolute Gasteiger partial charge is 0.270 e. The lowest BCUT2D eigenvalue weighted by Crippen LogP contribution is -1.66. The van der Waals surface area contributed by atoms with Crippen LogP contribution in [-0.4, -0.2) is 0 Å². The summed E-state index contributed by atoms with van der Waals surface area (Å²) in [4.78, 5) is 0. The van der Waals surface area contributed by atoms with Crippen molar-refractivity contribution in [3.63, 3.8) is 0 Å². The van der Waals surface area contributed by atoms with Crippen LogP contribution in [0.3, 0.4) is 0 Å². The molecule has 0 N–H and O–H groups in total. The number of rotatable bonds is 2. The predicted octanol–water partition coefficient (Wildman–Crippen LogP) is 3.58. The molecule has 2 heteroatoms. The van der Waals surface area contributed by atoms with Crippen molar-refractivity contribution < 1.29 is 9.13 Å². The maximum atomic E-state index is 11.2. The minimum Gasteiger partial charge on any atom is -0.441 e. The van der Waals surface area contributed by atoms with Crippen molar-refractivity contribution in [1.29, 1.82) is 0 Å². The lowest BCUT2D eigenvalue weighted by Gasteiger charge is -1.85. The monoisotopic (exact) mass is 180 g/mol. The van der Waals surface area contributed by atoms with Gasteiger partial charge in [-0.1, -0.05) is 42.5 Å². The molecule has 0 saturated carbocycles. The van der Waals surface area contributed by atoms with Crippen LogP contribution in [0, 0.1) is 6.92 Å². The van der Waals surface area contributed by atoms with E-state index in [1.165, 1.54) is 5.56 Å². The molecule has 1 aromatic carbocycles. The molecule has 0 amide bonds. The molecule has 1 aromatic rings. The average molecular weight is 180 g/mol. The Morgan fingerprint density at radius 3 is 2.08 bits per heavy atom. The van der Waals surface area contributed by atoms with Crippen LogP contribution in [-0.2, 0) is 4.74 Å². The van der Waals surface area contributed by atoms with Crippen molar-refractivity contribution in [2.75, 3.05) is 0 Å². The van der Waals surface area contributed by atoms with Crippen LogP contribution in [0.25, 0.3) is 0 Å². The van der Waals surface area contributed by atoms with E-state index in [9.17, 15) is 4.39 Å². The van der Waals surface area contributed by atoms with Crippen molar-refractivity contribution >= 4 is 0 Å². The molecule has 0 heterocycles. The fourth-order valence-electron chi connectivity index (χ4n) is 0.625. The highest BCUT2D eigenvalue weighted by atomic mass is 19.1. The molecule has 0 aromatic heterocycles. The van der Waals surface area contributed by atoms with Gasteiger partial charge >= 0.3 is 0 Å². The van der Waals surface area contributed by atoms with Crippen LogP contribution in [0.4, 0.5) is 4.39 Å². The fourth-order valence-corrected chi connectivity index (χ4v) is 0.625. The Bertz CT molecular complexity index is 254. The zero-order valence-electron chi connectivity index (χ0n) is 7.66. The normalized spacial score (nSPS) is 7.85. The third-order valence-electron chi connectivity index (χ3n) is 1.15. The van der Waals surface area contributed by atoms with Gasteiger partial charge in [-0.25, -0.2) is 0 Å². The van der Waals surface area contributed by atoms with E-state index < -0.39 is 6.01 Å². The summed E-state index contributed by atoms with van der Waals surface area (Å²) in [6.07, 6.45) is 0.975. The first-order valence-corrected chi connectivity index (χ1v) is 3.80. The Labute approximate surface area is 78.2 Å². The van der Waals surface area contributed by atoms with Crippen LogP contribution >= 0.6 is 0 Å². The van der Waals surface area contributed by atoms with Gasteiger partial charge in [-0.3, -0.25) is 0 Å². The van der Waals surface area contributed by atoms with Gasteiger partial charge in [0.2, 0.25) is 0 Å². The molecule has 0 radical (unpaired) electrons. The average Bonchev–Trinajstić information content (AvgIpc) is 2.06. The maximum absolute atomic E-state index is 11.2. The number of hydrogen-bond acceptors (Lipinski definition) is 1. The molecule has 70 valence electrons. The third-order valence-corrected chi connectivity index (χ3v) is 1.15. The quantitative estimate of drug-likeness (QED) is 0.632. The fraction of sp³-hybridized carbons (Fsp3) is 0.0909. The molecule has 1 rings (SSSR count). The second-order valence-electron chi connectivity index (χ2n) is 2.29. The Hall–Kier alpha value is -1.57. The van der Waals surface area contributed by atoms with Gasteiger partial charge in [0.15, 0.2) is 0 Å². The maximum Gasteiger partial charge on any atom is 0.270 e. The SMILES string of the molecule is C=COC(=C)F.Cc1ccccc1. The van der Waals surface area contributed by atoms with Crippen molar-refractivity contribution in [3.05, 3.63) is 61.3 Å². The van der Waals surface area contributed by atoms with Gasteiger partial charge < -0.3 is 4.74 Å². The standard InChI is InChI=1S/C7H8.C4H5FO/c1-7-5-3-2-4-6-7;1-3-6-4(2)5/h2-6H,1H3;3H,1-2H2. The summed E-state index contributed by atoms with van der Waals surface area (Å²) in [5.41, 5.74) is 1.32. The Morgan fingerprint density at radius 2 is 1.92 bits per heavy atom. The summed E-state index contributed by atoms with van der Waals surface area (Å²) in [7, 11) is 0. The molecule has 0 aliphatic rings. The molecular weight excluding hydrogens is 167 g/mol. The van der Waals surface area contributed by atoms with E-state index in [-0.39, 0.29) is 0 Å². The summed E-state index contributed by atoms with van der Waals surface area (Å²) in [5.74, 6) is 0. The number of hydrogen-bond donors (Lipinski definition) is 0. The summed E-state index contributed by atoms with van der Waals surface area (Å²) in [5, 5.41) is 0. The van der Waals surface area contributed by atoms with Crippen molar-refractivity contribution in [2.24, 2.45) is 0 Å². The van der Waals surface area contributed by atoms with Crippen molar-refractivity contribution in [3.8, 4) is 0 Å². The minimum atomic E-state index is -0.829. The van der Waals surface area contributed by atoms with Gasteiger partial charge in [-0.15, -0.1) is 0 Å². The molecule has 0 saturated heterocycles. The number of ether oxygens (including phenoxy) is 1. The molecule has 1 nitrogen and oxygen atoms in total. The lowest BCUT2D eigenvalue weighted by atomic mass is 10.2. The minimum absolute atomic E-state index is 0.829. The summed E-state index contributed by atoms with van der Waals surface area (Å²) < 4.78 is 15.2. The number of benzene rings is 1. The molecule has 0 bridgehead atoms. The second kappa shape index (κ2) is 7.10. The highest BCUT2D eigenvalue weighted by molar-refractivity contribution is 5.11. The van der Waals surface area contributed by atoms with Crippen molar-refractivity contribution in [2.45, 2.75) is 6.92 Å². The first-order valence-electron chi connectivity index (χ1n) is 3.80. The van der Waals surface area contributed by atoms with Gasteiger partial charge in [0, 0.05) is 0 Å². The van der Waals surface area contributed by atoms with E-state index in [0.29, 0.717) is 0 Å².